The van der Waals surface area contributed by atoms with Gasteiger partial charge in [-0.15, -0.1) is 11.3 Å². The van der Waals surface area contributed by atoms with Crippen LogP contribution in [0, 0.1) is 0 Å². The molecule has 2 amide bonds. The number of rotatable bonds is 5. The molecule has 24 heavy (non-hydrogen) atoms. The predicted molar refractivity (Wildman–Crippen MR) is 92.9 cm³/mol. The molecule has 0 radical (unpaired) electrons. The van der Waals surface area contributed by atoms with Crippen molar-refractivity contribution in [1.82, 2.24) is 5.32 Å². The fraction of sp³-hybridized carbons (Fsp3) is 0.647. The van der Waals surface area contributed by atoms with E-state index in [2.05, 4.69) is 10.6 Å². The van der Waals surface area contributed by atoms with Crippen LogP contribution < -0.4 is 10.6 Å². The third-order valence-corrected chi connectivity index (χ3v) is 5.60. The van der Waals surface area contributed by atoms with E-state index >= 15 is 0 Å². The summed E-state index contributed by atoms with van der Waals surface area (Å²) in [6, 6.07) is -0.297. The first-order valence-electron chi connectivity index (χ1n) is 8.67. The van der Waals surface area contributed by atoms with Gasteiger partial charge in [0.15, 0.2) is 0 Å². The Morgan fingerprint density at radius 3 is 2.88 bits per heavy atom. The molecule has 1 fully saturated rings. The van der Waals surface area contributed by atoms with E-state index in [0.29, 0.717) is 23.7 Å². The Morgan fingerprint density at radius 1 is 1.29 bits per heavy atom. The average Bonchev–Trinajstić information content (AvgIpc) is 3.20. The Balaban J connectivity index is 1.70. The van der Waals surface area contributed by atoms with Gasteiger partial charge in [-0.25, -0.2) is 9.59 Å². The minimum absolute atomic E-state index is 0.0943. The Labute approximate surface area is 145 Å². The first-order valence-corrected chi connectivity index (χ1v) is 9.48. The van der Waals surface area contributed by atoms with Crippen molar-refractivity contribution in [3.8, 4) is 0 Å². The van der Waals surface area contributed by atoms with Gasteiger partial charge in [-0.1, -0.05) is 0 Å². The van der Waals surface area contributed by atoms with Crippen molar-refractivity contribution in [3.05, 3.63) is 16.0 Å². The van der Waals surface area contributed by atoms with Crippen LogP contribution in [0.3, 0.4) is 0 Å². The molecular formula is C17H24N2O4S. The second-order valence-electron chi connectivity index (χ2n) is 6.11. The van der Waals surface area contributed by atoms with Crippen molar-refractivity contribution in [2.45, 2.75) is 51.6 Å². The molecule has 1 aliphatic carbocycles. The van der Waals surface area contributed by atoms with Crippen LogP contribution in [0.5, 0.6) is 0 Å². The monoisotopic (exact) mass is 352 g/mol. The van der Waals surface area contributed by atoms with Crippen molar-refractivity contribution in [2.24, 2.45) is 0 Å². The van der Waals surface area contributed by atoms with E-state index in [4.69, 9.17) is 9.47 Å². The van der Waals surface area contributed by atoms with Gasteiger partial charge in [-0.2, -0.15) is 0 Å². The average molecular weight is 352 g/mol. The third-order valence-electron chi connectivity index (χ3n) is 4.39. The van der Waals surface area contributed by atoms with Gasteiger partial charge < -0.3 is 14.8 Å². The van der Waals surface area contributed by atoms with E-state index in [9.17, 15) is 9.59 Å². The first kappa shape index (κ1) is 17.2. The van der Waals surface area contributed by atoms with Gasteiger partial charge in [-0.3, -0.25) is 5.32 Å². The van der Waals surface area contributed by atoms with E-state index < -0.39 is 0 Å². The van der Waals surface area contributed by atoms with E-state index in [1.807, 2.05) is 0 Å². The first-order chi connectivity index (χ1) is 11.7. The fourth-order valence-electron chi connectivity index (χ4n) is 3.23. The lowest BCUT2D eigenvalue weighted by molar-refractivity contribution is 0.0526. The van der Waals surface area contributed by atoms with Crippen LogP contribution in [0.25, 0.3) is 0 Å². The number of carbonyl (C=O) groups excluding carboxylic acids is 2. The van der Waals surface area contributed by atoms with Crippen molar-refractivity contribution in [2.75, 3.05) is 25.1 Å². The van der Waals surface area contributed by atoms with Gasteiger partial charge in [0.25, 0.3) is 0 Å². The molecule has 1 aromatic heterocycles. The Hall–Kier alpha value is -1.60. The SMILES string of the molecule is CCOC(=O)c1c(NC(=O)NC[C@H]2CCCO2)sc2c1CCCC2. The van der Waals surface area contributed by atoms with E-state index in [1.165, 1.54) is 16.2 Å². The second kappa shape index (κ2) is 7.98. The number of esters is 1. The van der Waals surface area contributed by atoms with Gasteiger partial charge in [0, 0.05) is 18.0 Å². The maximum atomic E-state index is 12.3. The molecule has 1 saturated heterocycles. The van der Waals surface area contributed by atoms with Crippen molar-refractivity contribution in [3.63, 3.8) is 0 Å². The summed E-state index contributed by atoms with van der Waals surface area (Å²) in [6.45, 7) is 3.37. The summed E-state index contributed by atoms with van der Waals surface area (Å²) in [4.78, 5) is 25.7. The molecule has 0 bridgehead atoms. The van der Waals surface area contributed by atoms with Gasteiger partial charge in [0.05, 0.1) is 18.3 Å². The molecular weight excluding hydrogens is 328 g/mol. The van der Waals surface area contributed by atoms with Crippen LogP contribution in [0.4, 0.5) is 9.80 Å². The topological polar surface area (TPSA) is 76.7 Å². The maximum absolute atomic E-state index is 12.3. The van der Waals surface area contributed by atoms with Gasteiger partial charge >= 0.3 is 12.0 Å². The summed E-state index contributed by atoms with van der Waals surface area (Å²) in [5, 5.41) is 6.28. The molecule has 1 atom stereocenters. The van der Waals surface area contributed by atoms with E-state index in [0.717, 1.165) is 50.7 Å². The number of urea groups is 1. The number of anilines is 1. The van der Waals surface area contributed by atoms with Gasteiger partial charge in [-0.05, 0) is 51.0 Å². The van der Waals surface area contributed by atoms with Crippen LogP contribution in [-0.2, 0) is 22.3 Å². The number of amides is 2. The number of aryl methyl sites for hydroxylation is 1. The fourth-order valence-corrected chi connectivity index (χ4v) is 4.50. The molecule has 132 valence electrons. The van der Waals surface area contributed by atoms with E-state index in [1.54, 1.807) is 6.92 Å². The highest BCUT2D eigenvalue weighted by Crippen LogP contribution is 2.38. The highest BCUT2D eigenvalue weighted by atomic mass is 32.1. The van der Waals surface area contributed by atoms with Crippen LogP contribution >= 0.6 is 11.3 Å². The Morgan fingerprint density at radius 2 is 2.12 bits per heavy atom. The molecule has 2 N–H and O–H groups in total. The van der Waals surface area contributed by atoms with Crippen LogP contribution in [0.2, 0.25) is 0 Å². The lowest BCUT2D eigenvalue weighted by Crippen LogP contribution is -2.35. The summed E-state index contributed by atoms with van der Waals surface area (Å²) in [5.41, 5.74) is 1.60. The van der Waals surface area contributed by atoms with Crippen molar-refractivity contribution >= 4 is 28.3 Å². The van der Waals surface area contributed by atoms with Crippen molar-refractivity contribution in [1.29, 1.82) is 0 Å². The molecule has 2 aliphatic rings. The second-order valence-corrected chi connectivity index (χ2v) is 7.21. The molecule has 0 spiro atoms. The Kier molecular flexibility index (Phi) is 5.73. The molecule has 3 rings (SSSR count). The van der Waals surface area contributed by atoms with Gasteiger partial charge in [0.2, 0.25) is 0 Å². The highest BCUT2D eigenvalue weighted by molar-refractivity contribution is 7.17. The minimum Gasteiger partial charge on any atom is -0.462 e. The number of carbonyl (C=O) groups is 2. The molecule has 1 aromatic rings. The molecule has 0 saturated carbocycles. The normalized spacial score (nSPS) is 19.6. The number of hydrogen-bond donors (Lipinski definition) is 2. The van der Waals surface area contributed by atoms with Gasteiger partial charge in [0.1, 0.15) is 5.00 Å². The molecule has 1 aliphatic heterocycles. The lowest BCUT2D eigenvalue weighted by atomic mass is 9.95. The number of hydrogen-bond acceptors (Lipinski definition) is 5. The number of nitrogens with one attached hydrogen (secondary N) is 2. The third kappa shape index (κ3) is 3.89. The maximum Gasteiger partial charge on any atom is 0.341 e. The number of ether oxygens (including phenoxy) is 2. The predicted octanol–water partition coefficient (Wildman–Crippen LogP) is 3.10. The Bertz CT molecular complexity index is 608. The van der Waals surface area contributed by atoms with Crippen LogP contribution in [0.1, 0.15) is 53.4 Å². The molecule has 0 unspecified atom stereocenters. The summed E-state index contributed by atoms with van der Waals surface area (Å²) in [6.07, 6.45) is 6.14. The molecule has 6 nitrogen and oxygen atoms in total. The van der Waals surface area contributed by atoms with Crippen LogP contribution in [-0.4, -0.2) is 37.9 Å². The zero-order chi connectivity index (χ0) is 16.9. The van der Waals surface area contributed by atoms with Crippen molar-refractivity contribution < 1.29 is 19.1 Å². The smallest absolute Gasteiger partial charge is 0.341 e. The summed E-state index contributed by atoms with van der Waals surface area (Å²) in [7, 11) is 0. The number of thiophene rings is 1. The molecule has 2 heterocycles. The quantitative estimate of drug-likeness (QED) is 0.799. The zero-order valence-electron chi connectivity index (χ0n) is 14.0. The zero-order valence-corrected chi connectivity index (χ0v) is 14.8. The largest absolute Gasteiger partial charge is 0.462 e. The number of fused-ring (bicyclic) bond motifs is 1. The highest BCUT2D eigenvalue weighted by Gasteiger charge is 2.27. The molecule has 7 heteroatoms. The lowest BCUT2D eigenvalue weighted by Gasteiger charge is -2.13. The van der Waals surface area contributed by atoms with Crippen LogP contribution in [0.15, 0.2) is 0 Å². The van der Waals surface area contributed by atoms with E-state index in [-0.39, 0.29) is 18.1 Å². The summed E-state index contributed by atoms with van der Waals surface area (Å²) >= 11 is 1.50. The standard InChI is InChI=1S/C17H24N2O4S/c1-2-22-16(20)14-12-7-3-4-8-13(12)24-15(14)19-17(21)18-10-11-6-5-9-23-11/h11H,2-10H2,1H3,(H2,18,19,21)/t11-/m1/s1. The summed E-state index contributed by atoms with van der Waals surface area (Å²) < 4.78 is 10.7. The minimum atomic E-state index is -0.341. The summed E-state index contributed by atoms with van der Waals surface area (Å²) in [5.74, 6) is -0.341. The molecule has 0 aromatic carbocycles.